The fraction of sp³-hybridized carbons (Fsp3) is 0.476. The van der Waals surface area contributed by atoms with E-state index in [0.717, 1.165) is 18.0 Å². The van der Waals surface area contributed by atoms with Crippen LogP contribution in [-0.2, 0) is 16.8 Å². The summed E-state index contributed by atoms with van der Waals surface area (Å²) in [5.74, 6) is 2.19. The molecule has 2 N–H and O–H groups in total. The summed E-state index contributed by atoms with van der Waals surface area (Å²) in [5.41, 5.74) is 0.844. The number of amides is 1. The van der Waals surface area contributed by atoms with Crippen molar-refractivity contribution >= 4 is 17.6 Å². The van der Waals surface area contributed by atoms with Gasteiger partial charge in [-0.2, -0.15) is 0 Å². The average molecular weight is 383 g/mol. The molecule has 1 saturated heterocycles. The highest BCUT2D eigenvalue weighted by Crippen LogP contribution is 2.23. The first-order valence-electron chi connectivity index (χ1n) is 9.72. The number of rotatable bonds is 5. The maximum absolute atomic E-state index is 12.4. The van der Waals surface area contributed by atoms with E-state index in [-0.39, 0.29) is 17.4 Å². The molecule has 1 aromatic carbocycles. The zero-order chi connectivity index (χ0) is 20.1. The Morgan fingerprint density at radius 2 is 2.07 bits per heavy atom. The number of nitrogens with zero attached hydrogens (tertiary/aromatic N) is 3. The number of aliphatic imine (C=N–C) groups is 1. The smallest absolute Gasteiger partial charge is 0.229 e. The maximum Gasteiger partial charge on any atom is 0.229 e. The van der Waals surface area contributed by atoms with Gasteiger partial charge in [-0.25, -0.2) is 9.98 Å². The summed E-state index contributed by atoms with van der Waals surface area (Å²) in [6.07, 6.45) is 2.20. The van der Waals surface area contributed by atoms with E-state index >= 15 is 0 Å². The van der Waals surface area contributed by atoms with Crippen LogP contribution >= 0.6 is 0 Å². The van der Waals surface area contributed by atoms with E-state index < -0.39 is 0 Å². The Balaban J connectivity index is 1.64. The van der Waals surface area contributed by atoms with Gasteiger partial charge in [-0.15, -0.1) is 0 Å². The van der Waals surface area contributed by atoms with Gasteiger partial charge in [-0.1, -0.05) is 39.0 Å². The predicted molar refractivity (Wildman–Crippen MR) is 110 cm³/mol. The molecule has 150 valence electrons. The number of para-hydroxylation sites is 1. The summed E-state index contributed by atoms with van der Waals surface area (Å²) >= 11 is 0. The van der Waals surface area contributed by atoms with Gasteiger partial charge in [0.1, 0.15) is 12.3 Å². The Kier molecular flexibility index (Phi) is 6.02. The fourth-order valence-corrected chi connectivity index (χ4v) is 3.05. The van der Waals surface area contributed by atoms with E-state index in [4.69, 9.17) is 4.42 Å². The van der Waals surface area contributed by atoms with E-state index in [1.165, 1.54) is 0 Å². The van der Waals surface area contributed by atoms with Crippen LogP contribution in [0, 0.1) is 0 Å². The summed E-state index contributed by atoms with van der Waals surface area (Å²) in [5, 5.41) is 6.59. The number of benzene rings is 1. The third-order valence-corrected chi connectivity index (χ3v) is 4.54. The summed E-state index contributed by atoms with van der Waals surface area (Å²) in [7, 11) is 0. The molecule has 0 spiro atoms. The normalized spacial score (nSPS) is 17.9. The largest absolute Gasteiger partial charge is 0.443 e. The average Bonchev–Trinajstić information content (AvgIpc) is 3.27. The van der Waals surface area contributed by atoms with Crippen LogP contribution in [-0.4, -0.2) is 36.0 Å². The second-order valence-corrected chi connectivity index (χ2v) is 7.95. The van der Waals surface area contributed by atoms with Crippen LogP contribution in [0.5, 0.6) is 0 Å². The van der Waals surface area contributed by atoms with Crippen molar-refractivity contribution in [2.45, 2.75) is 52.1 Å². The molecule has 1 aliphatic heterocycles. The molecule has 1 unspecified atom stereocenters. The molecule has 0 bridgehead atoms. The van der Waals surface area contributed by atoms with Crippen molar-refractivity contribution in [2.24, 2.45) is 4.99 Å². The third kappa shape index (κ3) is 4.91. The van der Waals surface area contributed by atoms with Crippen molar-refractivity contribution in [1.29, 1.82) is 0 Å². The van der Waals surface area contributed by atoms with Crippen molar-refractivity contribution in [3.05, 3.63) is 48.2 Å². The van der Waals surface area contributed by atoms with E-state index in [1.54, 1.807) is 6.20 Å². The number of aromatic nitrogens is 1. The summed E-state index contributed by atoms with van der Waals surface area (Å²) in [4.78, 5) is 23.1. The first kappa shape index (κ1) is 19.9. The standard InChI is InChI=1S/C21H29N5O2/c1-5-22-20(24-13-18-23-12-17(28-18)21(2,3)4)25-15-11-19(27)26(14-15)16-9-7-6-8-10-16/h6-10,12,15H,5,11,13-14H2,1-4H3,(H2,22,24,25). The molecule has 3 rings (SSSR count). The lowest BCUT2D eigenvalue weighted by molar-refractivity contribution is -0.117. The second-order valence-electron chi connectivity index (χ2n) is 7.95. The Hall–Kier alpha value is -2.83. The molecule has 7 nitrogen and oxygen atoms in total. The number of hydrogen-bond donors (Lipinski definition) is 2. The molecule has 0 aliphatic carbocycles. The van der Waals surface area contributed by atoms with Crippen LogP contribution in [0.25, 0.3) is 0 Å². The number of anilines is 1. The Morgan fingerprint density at radius 1 is 1.32 bits per heavy atom. The summed E-state index contributed by atoms with van der Waals surface area (Å²) in [6.45, 7) is 9.95. The zero-order valence-corrected chi connectivity index (χ0v) is 17.0. The van der Waals surface area contributed by atoms with E-state index in [1.807, 2.05) is 42.2 Å². The molecule has 1 fully saturated rings. The minimum absolute atomic E-state index is 0.000187. The quantitative estimate of drug-likeness (QED) is 0.613. The molecule has 2 heterocycles. The van der Waals surface area contributed by atoms with Crippen LogP contribution in [0.4, 0.5) is 5.69 Å². The summed E-state index contributed by atoms with van der Waals surface area (Å²) in [6, 6.07) is 9.74. The molecule has 7 heteroatoms. The Bertz CT molecular complexity index is 823. The lowest BCUT2D eigenvalue weighted by atomic mass is 9.94. The van der Waals surface area contributed by atoms with E-state index in [0.29, 0.717) is 31.4 Å². The molecule has 2 aromatic rings. The van der Waals surface area contributed by atoms with Gasteiger partial charge in [0.05, 0.1) is 12.2 Å². The van der Waals surface area contributed by atoms with Gasteiger partial charge < -0.3 is 20.0 Å². The fourth-order valence-electron chi connectivity index (χ4n) is 3.05. The number of hydrogen-bond acceptors (Lipinski definition) is 4. The van der Waals surface area contributed by atoms with Gasteiger partial charge in [0, 0.05) is 30.6 Å². The van der Waals surface area contributed by atoms with Crippen molar-refractivity contribution in [1.82, 2.24) is 15.6 Å². The highest BCUT2D eigenvalue weighted by Gasteiger charge is 2.31. The molecule has 1 atom stereocenters. The van der Waals surface area contributed by atoms with E-state index in [9.17, 15) is 4.79 Å². The Labute approximate surface area is 166 Å². The number of oxazole rings is 1. The molecular weight excluding hydrogens is 354 g/mol. The summed E-state index contributed by atoms with van der Waals surface area (Å²) < 4.78 is 5.80. The van der Waals surface area contributed by atoms with Crippen LogP contribution in [0.2, 0.25) is 0 Å². The molecule has 1 amide bonds. The lowest BCUT2D eigenvalue weighted by Gasteiger charge is -2.18. The first-order chi connectivity index (χ1) is 13.4. The molecule has 1 aliphatic rings. The number of guanidine groups is 1. The van der Waals surface area contributed by atoms with Crippen LogP contribution in [0.3, 0.4) is 0 Å². The molecular formula is C21H29N5O2. The Morgan fingerprint density at radius 3 is 2.71 bits per heavy atom. The first-order valence-corrected chi connectivity index (χ1v) is 9.72. The monoisotopic (exact) mass is 383 g/mol. The molecule has 0 radical (unpaired) electrons. The second kappa shape index (κ2) is 8.46. The van der Waals surface area contributed by atoms with Gasteiger partial charge in [0.15, 0.2) is 5.96 Å². The van der Waals surface area contributed by atoms with Gasteiger partial charge >= 0.3 is 0 Å². The minimum atomic E-state index is -0.0805. The van der Waals surface area contributed by atoms with Gasteiger partial charge in [-0.3, -0.25) is 4.79 Å². The maximum atomic E-state index is 12.4. The number of carbonyl (C=O) groups is 1. The van der Waals surface area contributed by atoms with Gasteiger partial charge in [0.25, 0.3) is 0 Å². The van der Waals surface area contributed by atoms with Crippen molar-refractivity contribution < 1.29 is 9.21 Å². The molecule has 0 saturated carbocycles. The van der Waals surface area contributed by atoms with Crippen LogP contribution < -0.4 is 15.5 Å². The topological polar surface area (TPSA) is 82.8 Å². The number of carbonyl (C=O) groups excluding carboxylic acids is 1. The molecule has 28 heavy (non-hydrogen) atoms. The lowest BCUT2D eigenvalue weighted by Crippen LogP contribution is -2.44. The van der Waals surface area contributed by atoms with Crippen LogP contribution in [0.15, 0.2) is 45.9 Å². The highest BCUT2D eigenvalue weighted by molar-refractivity contribution is 5.97. The SMILES string of the molecule is CCNC(=NCc1ncc(C(C)(C)C)o1)NC1CC(=O)N(c2ccccc2)C1. The third-order valence-electron chi connectivity index (χ3n) is 4.54. The minimum Gasteiger partial charge on any atom is -0.443 e. The van der Waals surface area contributed by atoms with Crippen molar-refractivity contribution in [3.8, 4) is 0 Å². The zero-order valence-electron chi connectivity index (χ0n) is 17.0. The number of nitrogens with one attached hydrogen (secondary N) is 2. The van der Waals surface area contributed by atoms with Gasteiger partial charge in [-0.05, 0) is 19.1 Å². The molecule has 1 aromatic heterocycles. The van der Waals surface area contributed by atoms with Crippen LogP contribution in [0.1, 0.15) is 45.8 Å². The van der Waals surface area contributed by atoms with Crippen molar-refractivity contribution in [3.63, 3.8) is 0 Å². The highest BCUT2D eigenvalue weighted by atomic mass is 16.4. The van der Waals surface area contributed by atoms with E-state index in [2.05, 4.69) is 41.4 Å². The van der Waals surface area contributed by atoms with Gasteiger partial charge in [0.2, 0.25) is 11.8 Å². The predicted octanol–water partition coefficient (Wildman–Crippen LogP) is 2.83. The van der Waals surface area contributed by atoms with Crippen molar-refractivity contribution in [2.75, 3.05) is 18.0 Å².